The molecule has 0 aliphatic carbocycles. The van der Waals surface area contributed by atoms with Crippen LogP contribution >= 0.6 is 23.1 Å². The first-order valence-electron chi connectivity index (χ1n) is 6.57. The summed E-state index contributed by atoms with van der Waals surface area (Å²) in [6.07, 6.45) is 0.546. The normalized spacial score (nSPS) is 10.2. The van der Waals surface area contributed by atoms with Gasteiger partial charge in [-0.05, 0) is 37.6 Å². The number of rotatable bonds is 4. The molecular formula is C17H18OS2. The average molecular weight is 302 g/mol. The van der Waals surface area contributed by atoms with E-state index >= 15 is 0 Å². The van der Waals surface area contributed by atoms with Gasteiger partial charge < -0.3 is 5.11 Å². The molecule has 1 aromatic carbocycles. The Labute approximate surface area is 129 Å². The Balaban J connectivity index is 1.96. The number of thiophene rings is 1. The Kier molecular flexibility index (Phi) is 5.72. The van der Waals surface area contributed by atoms with Gasteiger partial charge in [-0.3, -0.25) is 0 Å². The van der Waals surface area contributed by atoms with Crippen molar-refractivity contribution in [3.63, 3.8) is 0 Å². The summed E-state index contributed by atoms with van der Waals surface area (Å²) in [5.74, 6) is 7.02. The minimum absolute atomic E-state index is 0.133. The molecule has 0 atom stereocenters. The molecule has 0 radical (unpaired) electrons. The number of aliphatic hydroxyl groups excluding tert-OH is 1. The Bertz CT molecular complexity index is 632. The van der Waals surface area contributed by atoms with Crippen LogP contribution in [0.4, 0.5) is 0 Å². The van der Waals surface area contributed by atoms with Gasteiger partial charge in [0.1, 0.15) is 0 Å². The second kappa shape index (κ2) is 7.54. The number of thioether (sulfide) groups is 1. The maximum atomic E-state index is 8.70. The minimum Gasteiger partial charge on any atom is -0.395 e. The number of aliphatic hydroxyl groups is 1. The third kappa shape index (κ3) is 4.42. The van der Waals surface area contributed by atoms with Gasteiger partial charge in [0.15, 0.2) is 0 Å². The van der Waals surface area contributed by atoms with E-state index in [4.69, 9.17) is 5.11 Å². The van der Waals surface area contributed by atoms with Crippen LogP contribution in [0.5, 0.6) is 0 Å². The van der Waals surface area contributed by atoms with Crippen molar-refractivity contribution in [1.29, 1.82) is 0 Å². The van der Waals surface area contributed by atoms with Gasteiger partial charge in [-0.1, -0.05) is 29.5 Å². The SMILES string of the molecule is Cc1ccc(SCc2ccc(C#CCCO)s2)c(C)c1. The molecule has 20 heavy (non-hydrogen) atoms. The molecule has 104 valence electrons. The van der Waals surface area contributed by atoms with E-state index in [1.807, 2.05) is 11.8 Å². The van der Waals surface area contributed by atoms with Crippen molar-refractivity contribution in [3.8, 4) is 11.8 Å². The number of hydrogen-bond acceptors (Lipinski definition) is 3. The maximum absolute atomic E-state index is 8.70. The molecule has 1 aromatic heterocycles. The van der Waals surface area contributed by atoms with Crippen molar-refractivity contribution in [2.24, 2.45) is 0 Å². The first-order chi connectivity index (χ1) is 9.69. The molecule has 0 saturated carbocycles. The van der Waals surface area contributed by atoms with Gasteiger partial charge >= 0.3 is 0 Å². The quantitative estimate of drug-likeness (QED) is 0.667. The lowest BCUT2D eigenvalue weighted by molar-refractivity contribution is 0.305. The van der Waals surface area contributed by atoms with Crippen molar-refractivity contribution in [2.75, 3.05) is 6.61 Å². The highest BCUT2D eigenvalue weighted by molar-refractivity contribution is 7.98. The zero-order valence-corrected chi connectivity index (χ0v) is 13.4. The lowest BCUT2D eigenvalue weighted by Crippen LogP contribution is -1.82. The summed E-state index contributed by atoms with van der Waals surface area (Å²) in [7, 11) is 0. The van der Waals surface area contributed by atoms with Gasteiger partial charge in [0.2, 0.25) is 0 Å². The fourth-order valence-corrected chi connectivity index (χ4v) is 3.77. The van der Waals surface area contributed by atoms with Gasteiger partial charge in [-0.25, -0.2) is 0 Å². The molecule has 1 N–H and O–H groups in total. The topological polar surface area (TPSA) is 20.2 Å². The molecule has 1 heterocycles. The van der Waals surface area contributed by atoms with Crippen LogP contribution in [0.3, 0.4) is 0 Å². The first-order valence-corrected chi connectivity index (χ1v) is 8.38. The van der Waals surface area contributed by atoms with Gasteiger partial charge in [-0.15, -0.1) is 23.1 Å². The lowest BCUT2D eigenvalue weighted by Gasteiger charge is -2.05. The van der Waals surface area contributed by atoms with Gasteiger partial charge in [0, 0.05) is 21.9 Å². The number of aryl methyl sites for hydroxylation is 2. The molecule has 0 amide bonds. The molecule has 0 bridgehead atoms. The van der Waals surface area contributed by atoms with E-state index < -0.39 is 0 Å². The van der Waals surface area contributed by atoms with Crippen molar-refractivity contribution >= 4 is 23.1 Å². The Morgan fingerprint density at radius 3 is 2.80 bits per heavy atom. The monoisotopic (exact) mass is 302 g/mol. The second-order valence-corrected chi connectivity index (χ2v) is 6.78. The number of hydrogen-bond donors (Lipinski definition) is 1. The zero-order chi connectivity index (χ0) is 14.4. The van der Waals surface area contributed by atoms with Crippen molar-refractivity contribution in [2.45, 2.75) is 30.9 Å². The number of benzene rings is 1. The third-order valence-corrected chi connectivity index (χ3v) is 5.22. The Morgan fingerprint density at radius 1 is 1.20 bits per heavy atom. The molecule has 0 saturated heterocycles. The predicted molar refractivity (Wildman–Crippen MR) is 88.4 cm³/mol. The molecule has 0 unspecified atom stereocenters. The standard InChI is InChI=1S/C17H18OS2/c1-13-6-9-17(14(2)11-13)19-12-16-8-7-15(20-16)5-3-4-10-18/h6-9,11,18H,4,10,12H2,1-2H3. The van der Waals surface area contributed by atoms with Crippen LogP contribution < -0.4 is 0 Å². The van der Waals surface area contributed by atoms with E-state index in [1.54, 1.807) is 11.3 Å². The fourth-order valence-electron chi connectivity index (χ4n) is 1.84. The fraction of sp³-hybridized carbons (Fsp3) is 0.294. The molecule has 2 rings (SSSR count). The van der Waals surface area contributed by atoms with E-state index in [0.717, 1.165) is 10.6 Å². The summed E-state index contributed by atoms with van der Waals surface area (Å²) in [5, 5.41) is 8.70. The summed E-state index contributed by atoms with van der Waals surface area (Å²) in [4.78, 5) is 3.76. The summed E-state index contributed by atoms with van der Waals surface area (Å²) in [5.41, 5.74) is 2.65. The van der Waals surface area contributed by atoms with Crippen LogP contribution in [0.25, 0.3) is 0 Å². The minimum atomic E-state index is 0.133. The van der Waals surface area contributed by atoms with E-state index in [9.17, 15) is 0 Å². The molecule has 0 spiro atoms. The van der Waals surface area contributed by atoms with Crippen molar-refractivity contribution in [1.82, 2.24) is 0 Å². The lowest BCUT2D eigenvalue weighted by atomic mass is 10.2. The van der Waals surface area contributed by atoms with E-state index in [2.05, 4.69) is 56.0 Å². The summed E-state index contributed by atoms with van der Waals surface area (Å²) in [6.45, 7) is 4.42. The van der Waals surface area contributed by atoms with Gasteiger partial charge in [0.25, 0.3) is 0 Å². The van der Waals surface area contributed by atoms with Crippen LogP contribution in [0.15, 0.2) is 35.2 Å². The van der Waals surface area contributed by atoms with Crippen molar-refractivity contribution in [3.05, 3.63) is 51.2 Å². The van der Waals surface area contributed by atoms with Crippen LogP contribution in [-0.2, 0) is 5.75 Å². The molecular weight excluding hydrogens is 284 g/mol. The first kappa shape index (κ1) is 15.2. The van der Waals surface area contributed by atoms with Crippen LogP contribution in [-0.4, -0.2) is 11.7 Å². The summed E-state index contributed by atoms with van der Waals surface area (Å²) >= 11 is 3.61. The average Bonchev–Trinajstić information content (AvgIpc) is 2.86. The highest BCUT2D eigenvalue weighted by Gasteiger charge is 2.02. The van der Waals surface area contributed by atoms with Crippen molar-refractivity contribution < 1.29 is 5.11 Å². The smallest absolute Gasteiger partial charge is 0.0771 e. The van der Waals surface area contributed by atoms with Gasteiger partial charge in [0.05, 0.1) is 11.5 Å². The maximum Gasteiger partial charge on any atom is 0.0771 e. The molecule has 2 aromatic rings. The highest BCUT2D eigenvalue weighted by atomic mass is 32.2. The molecule has 0 aliphatic rings. The predicted octanol–water partition coefficient (Wildman–Crippen LogP) is 4.39. The van der Waals surface area contributed by atoms with E-state index in [1.165, 1.54) is 20.9 Å². The van der Waals surface area contributed by atoms with Crippen LogP contribution in [0.1, 0.15) is 27.3 Å². The van der Waals surface area contributed by atoms with E-state index in [-0.39, 0.29) is 6.61 Å². The van der Waals surface area contributed by atoms with E-state index in [0.29, 0.717) is 6.42 Å². The molecule has 0 fully saturated rings. The summed E-state index contributed by atoms with van der Waals surface area (Å²) < 4.78 is 0. The zero-order valence-electron chi connectivity index (χ0n) is 11.8. The third-order valence-electron chi connectivity index (χ3n) is 2.81. The van der Waals surface area contributed by atoms with Crippen LogP contribution in [0.2, 0.25) is 0 Å². The molecule has 0 aliphatic heterocycles. The highest BCUT2D eigenvalue weighted by Crippen LogP contribution is 2.29. The molecule has 1 nitrogen and oxygen atoms in total. The second-order valence-electron chi connectivity index (χ2n) is 4.60. The van der Waals surface area contributed by atoms with Crippen LogP contribution in [0, 0.1) is 25.7 Å². The Morgan fingerprint density at radius 2 is 2.05 bits per heavy atom. The largest absolute Gasteiger partial charge is 0.395 e. The summed E-state index contributed by atoms with van der Waals surface area (Å²) in [6, 6.07) is 10.8. The van der Waals surface area contributed by atoms with Gasteiger partial charge in [-0.2, -0.15) is 0 Å². The Hall–Kier alpha value is -1.21. The molecule has 3 heteroatoms.